The van der Waals surface area contributed by atoms with Crippen molar-refractivity contribution in [3.8, 4) is 11.5 Å². The average molecular weight is 361 g/mol. The van der Waals surface area contributed by atoms with Crippen molar-refractivity contribution in [3.63, 3.8) is 0 Å². The van der Waals surface area contributed by atoms with E-state index in [1.165, 1.54) is 32.1 Å². The van der Waals surface area contributed by atoms with E-state index in [0.29, 0.717) is 17.3 Å². The van der Waals surface area contributed by atoms with Gasteiger partial charge in [-0.25, -0.2) is 0 Å². The van der Waals surface area contributed by atoms with Gasteiger partial charge in [0, 0.05) is 11.6 Å². The Morgan fingerprint density at radius 3 is 2.72 bits per heavy atom. The van der Waals surface area contributed by atoms with E-state index in [9.17, 15) is 9.59 Å². The molecule has 0 bridgehead atoms. The molecule has 2 aliphatic rings. The summed E-state index contributed by atoms with van der Waals surface area (Å²) in [5, 5.41) is 1.90. The number of imide groups is 1. The Hall–Kier alpha value is -1.95. The van der Waals surface area contributed by atoms with E-state index in [1.807, 2.05) is 18.2 Å². The predicted molar refractivity (Wildman–Crippen MR) is 98.8 cm³/mol. The molecule has 1 aliphatic heterocycles. The molecular weight excluding hydrogens is 338 g/mol. The molecule has 1 aromatic rings. The summed E-state index contributed by atoms with van der Waals surface area (Å²) in [7, 11) is 1.58. The first kappa shape index (κ1) is 17.9. The lowest BCUT2D eigenvalue weighted by molar-refractivity contribution is -0.115. The van der Waals surface area contributed by atoms with Crippen molar-refractivity contribution in [2.75, 3.05) is 13.7 Å². The van der Waals surface area contributed by atoms with E-state index in [2.05, 4.69) is 5.32 Å². The number of carbonyl (C=O) groups is 2. The van der Waals surface area contributed by atoms with Crippen LogP contribution in [0.15, 0.2) is 23.1 Å². The number of thioether (sulfide) groups is 1. The molecule has 2 fully saturated rings. The molecule has 2 amide bonds. The van der Waals surface area contributed by atoms with Crippen molar-refractivity contribution in [1.82, 2.24) is 5.32 Å². The third-order valence-electron chi connectivity index (χ3n) is 4.65. The van der Waals surface area contributed by atoms with Crippen LogP contribution in [-0.2, 0) is 4.79 Å². The van der Waals surface area contributed by atoms with E-state index in [4.69, 9.17) is 9.47 Å². The molecule has 1 N–H and O–H groups in total. The highest BCUT2D eigenvalue weighted by Crippen LogP contribution is 2.32. The highest BCUT2D eigenvalue weighted by Gasteiger charge is 2.25. The molecule has 0 unspecified atom stereocenters. The fourth-order valence-electron chi connectivity index (χ4n) is 3.28. The van der Waals surface area contributed by atoms with Gasteiger partial charge in [-0.05, 0) is 42.3 Å². The summed E-state index contributed by atoms with van der Waals surface area (Å²) in [6.45, 7) is 0.709. The highest BCUT2D eigenvalue weighted by molar-refractivity contribution is 8.18. The summed E-state index contributed by atoms with van der Waals surface area (Å²) in [4.78, 5) is 23.3. The summed E-state index contributed by atoms with van der Waals surface area (Å²) in [5.74, 6) is 1.80. The first-order valence-electron chi connectivity index (χ1n) is 8.71. The van der Waals surface area contributed by atoms with E-state index < -0.39 is 0 Å². The number of ether oxygens (including phenoxy) is 2. The van der Waals surface area contributed by atoms with Gasteiger partial charge in [-0.1, -0.05) is 32.1 Å². The standard InChI is InChI=1S/C19H23NO4S/c1-23-16-12-15(24-10-9-13-5-3-2-4-6-13)8-7-14(16)11-17-18(21)20-19(22)25-17/h7-8,11-13H,2-6,9-10H2,1H3,(H,20,21,22)/b17-11-. The van der Waals surface area contributed by atoms with Gasteiger partial charge >= 0.3 is 0 Å². The minimum Gasteiger partial charge on any atom is -0.496 e. The maximum Gasteiger partial charge on any atom is 0.290 e. The first-order chi connectivity index (χ1) is 12.2. The van der Waals surface area contributed by atoms with Crippen molar-refractivity contribution in [2.24, 2.45) is 5.92 Å². The van der Waals surface area contributed by atoms with E-state index >= 15 is 0 Å². The van der Waals surface area contributed by atoms with Gasteiger partial charge in [0.05, 0.1) is 18.6 Å². The minimum atomic E-state index is -0.370. The summed E-state index contributed by atoms with van der Waals surface area (Å²) in [5.41, 5.74) is 0.745. The molecule has 0 atom stereocenters. The molecule has 5 nitrogen and oxygen atoms in total. The van der Waals surface area contributed by atoms with Crippen LogP contribution < -0.4 is 14.8 Å². The first-order valence-corrected chi connectivity index (χ1v) is 9.53. The molecule has 1 aliphatic carbocycles. The second kappa shape index (κ2) is 8.43. The lowest BCUT2D eigenvalue weighted by Crippen LogP contribution is -2.17. The molecule has 0 radical (unpaired) electrons. The Bertz CT molecular complexity index is 680. The SMILES string of the molecule is COc1cc(OCCC2CCCCC2)ccc1/C=C1\SC(=O)NC1=O. The normalized spacial score (nSPS) is 20.0. The van der Waals surface area contributed by atoms with Gasteiger partial charge in [0.1, 0.15) is 11.5 Å². The highest BCUT2D eigenvalue weighted by atomic mass is 32.2. The number of methoxy groups -OCH3 is 1. The molecule has 134 valence electrons. The van der Waals surface area contributed by atoms with Gasteiger partial charge in [-0.15, -0.1) is 0 Å². The van der Waals surface area contributed by atoms with E-state index in [-0.39, 0.29) is 11.1 Å². The zero-order chi connectivity index (χ0) is 17.6. The summed E-state index contributed by atoms with van der Waals surface area (Å²) in [6, 6.07) is 5.54. The van der Waals surface area contributed by atoms with Crippen molar-refractivity contribution in [1.29, 1.82) is 0 Å². The molecule has 1 aromatic carbocycles. The van der Waals surface area contributed by atoms with Crippen LogP contribution in [0.2, 0.25) is 0 Å². The fraction of sp³-hybridized carbons (Fsp3) is 0.474. The topological polar surface area (TPSA) is 64.6 Å². The zero-order valence-corrected chi connectivity index (χ0v) is 15.2. The van der Waals surface area contributed by atoms with Crippen LogP contribution in [0, 0.1) is 5.92 Å². The summed E-state index contributed by atoms with van der Waals surface area (Å²) >= 11 is 0.896. The van der Waals surface area contributed by atoms with Crippen LogP contribution in [0.25, 0.3) is 6.08 Å². The summed E-state index contributed by atoms with van der Waals surface area (Å²) in [6.07, 6.45) is 9.44. The molecular formula is C19H23NO4S. The average Bonchev–Trinajstić information content (AvgIpc) is 2.94. The largest absolute Gasteiger partial charge is 0.496 e. The maximum atomic E-state index is 11.7. The van der Waals surface area contributed by atoms with Crippen LogP contribution in [0.5, 0.6) is 11.5 Å². The van der Waals surface area contributed by atoms with Gasteiger partial charge in [0.2, 0.25) is 0 Å². The third kappa shape index (κ3) is 4.78. The molecule has 25 heavy (non-hydrogen) atoms. The van der Waals surface area contributed by atoms with Gasteiger partial charge in [0.25, 0.3) is 11.1 Å². The van der Waals surface area contributed by atoms with Gasteiger partial charge in [-0.3, -0.25) is 14.9 Å². The Kier molecular flexibility index (Phi) is 6.02. The fourth-order valence-corrected chi connectivity index (χ4v) is 3.96. The maximum absolute atomic E-state index is 11.7. The van der Waals surface area contributed by atoms with Crippen molar-refractivity contribution in [2.45, 2.75) is 38.5 Å². The number of hydrogen-bond donors (Lipinski definition) is 1. The third-order valence-corrected chi connectivity index (χ3v) is 5.46. The number of benzene rings is 1. The van der Waals surface area contributed by atoms with Crippen molar-refractivity contribution < 1.29 is 19.1 Å². The number of hydrogen-bond acceptors (Lipinski definition) is 5. The summed E-state index contributed by atoms with van der Waals surface area (Å²) < 4.78 is 11.3. The molecule has 0 spiro atoms. The van der Waals surface area contributed by atoms with Crippen LogP contribution in [-0.4, -0.2) is 24.9 Å². The molecule has 1 saturated carbocycles. The second-order valence-electron chi connectivity index (χ2n) is 6.40. The second-order valence-corrected chi connectivity index (χ2v) is 7.41. The number of carbonyl (C=O) groups excluding carboxylic acids is 2. The molecule has 0 aromatic heterocycles. The predicted octanol–water partition coefficient (Wildman–Crippen LogP) is 4.37. The van der Waals surface area contributed by atoms with Gasteiger partial charge in [0.15, 0.2) is 0 Å². The molecule has 6 heteroatoms. The van der Waals surface area contributed by atoms with E-state index in [0.717, 1.165) is 35.4 Å². The Morgan fingerprint density at radius 1 is 1.24 bits per heavy atom. The smallest absolute Gasteiger partial charge is 0.290 e. The quantitative estimate of drug-likeness (QED) is 0.762. The molecule has 3 rings (SSSR count). The number of nitrogens with one attached hydrogen (secondary N) is 1. The van der Waals surface area contributed by atoms with E-state index in [1.54, 1.807) is 13.2 Å². The lowest BCUT2D eigenvalue weighted by atomic mass is 9.87. The minimum absolute atomic E-state index is 0.349. The van der Waals surface area contributed by atoms with Gasteiger partial charge < -0.3 is 9.47 Å². The van der Waals surface area contributed by atoms with Crippen LogP contribution in [0.4, 0.5) is 4.79 Å². The Balaban J connectivity index is 1.62. The van der Waals surface area contributed by atoms with Crippen molar-refractivity contribution in [3.05, 3.63) is 28.7 Å². The monoisotopic (exact) mass is 361 g/mol. The van der Waals surface area contributed by atoms with Gasteiger partial charge in [-0.2, -0.15) is 0 Å². The molecule has 1 heterocycles. The van der Waals surface area contributed by atoms with Crippen LogP contribution in [0.1, 0.15) is 44.1 Å². The lowest BCUT2D eigenvalue weighted by Gasteiger charge is -2.21. The number of amides is 2. The van der Waals surface area contributed by atoms with Crippen LogP contribution >= 0.6 is 11.8 Å². The molecule has 1 saturated heterocycles. The van der Waals surface area contributed by atoms with Crippen LogP contribution in [0.3, 0.4) is 0 Å². The zero-order valence-electron chi connectivity index (χ0n) is 14.4. The Morgan fingerprint density at radius 2 is 2.04 bits per heavy atom. The Labute approximate surface area is 152 Å². The van der Waals surface area contributed by atoms with Crippen molar-refractivity contribution >= 4 is 29.0 Å². The number of rotatable bonds is 6.